The summed E-state index contributed by atoms with van der Waals surface area (Å²) in [5.74, 6) is -1.14. The van der Waals surface area contributed by atoms with Crippen molar-refractivity contribution in [1.82, 2.24) is 0 Å². The minimum atomic E-state index is -1.07. The molecule has 23 heavy (non-hydrogen) atoms. The normalized spacial score (nSPS) is 11.0. The van der Waals surface area contributed by atoms with Gasteiger partial charge in [-0.05, 0) is 35.2 Å². The van der Waals surface area contributed by atoms with Gasteiger partial charge in [0.15, 0.2) is 0 Å². The van der Waals surface area contributed by atoms with Gasteiger partial charge in [0.25, 0.3) is 0 Å². The van der Waals surface area contributed by atoms with Gasteiger partial charge in [0.2, 0.25) is 0 Å². The van der Waals surface area contributed by atoms with Gasteiger partial charge in [0.05, 0.1) is 0 Å². The smallest absolute Gasteiger partial charge is 0.340 e. The lowest BCUT2D eigenvalue weighted by atomic mass is 9.96. The summed E-state index contributed by atoms with van der Waals surface area (Å²) in [5.41, 5.74) is 0.774. The van der Waals surface area contributed by atoms with Gasteiger partial charge in [-0.2, -0.15) is 0 Å². The fourth-order valence-electron chi connectivity index (χ4n) is 3.07. The molecule has 0 saturated heterocycles. The molecular formula is C20H26O3. The molecule has 0 aliphatic heterocycles. The maximum atomic E-state index is 11.5. The van der Waals surface area contributed by atoms with Crippen LogP contribution >= 0.6 is 0 Å². The van der Waals surface area contributed by atoms with Crippen molar-refractivity contribution in [2.24, 2.45) is 0 Å². The molecule has 0 unspecified atom stereocenters. The van der Waals surface area contributed by atoms with Gasteiger partial charge in [0, 0.05) is 0 Å². The maximum absolute atomic E-state index is 11.5. The van der Waals surface area contributed by atoms with Crippen molar-refractivity contribution < 1.29 is 15.0 Å². The summed E-state index contributed by atoms with van der Waals surface area (Å²) in [6, 6.07) is 9.26. The minimum absolute atomic E-state index is 0.0287. The van der Waals surface area contributed by atoms with E-state index in [-0.39, 0.29) is 11.3 Å². The van der Waals surface area contributed by atoms with Gasteiger partial charge in [-0.15, -0.1) is 0 Å². The lowest BCUT2D eigenvalue weighted by molar-refractivity contribution is 0.0696. The number of carboxylic acid groups (broad SMARTS) is 1. The van der Waals surface area contributed by atoms with Crippen LogP contribution in [0.15, 0.2) is 30.3 Å². The SMILES string of the molecule is CCCCCCCCCc1cc2ccccc2c(C(=O)O)c1O. The highest BCUT2D eigenvalue weighted by atomic mass is 16.4. The molecule has 0 fully saturated rings. The Morgan fingerprint density at radius 1 is 1.00 bits per heavy atom. The second-order valence-electron chi connectivity index (χ2n) is 6.16. The summed E-state index contributed by atoms with van der Waals surface area (Å²) < 4.78 is 0. The molecule has 2 N–H and O–H groups in total. The van der Waals surface area contributed by atoms with Crippen LogP contribution in [0, 0.1) is 0 Å². The topological polar surface area (TPSA) is 57.5 Å². The zero-order chi connectivity index (χ0) is 16.7. The Morgan fingerprint density at radius 2 is 1.65 bits per heavy atom. The number of carbonyl (C=O) groups is 1. The number of phenols is 1. The summed E-state index contributed by atoms with van der Waals surface area (Å²) in [7, 11) is 0. The molecular weight excluding hydrogens is 288 g/mol. The van der Waals surface area contributed by atoms with E-state index in [1.807, 2.05) is 18.2 Å². The van der Waals surface area contributed by atoms with Gasteiger partial charge in [-0.3, -0.25) is 0 Å². The Labute approximate surface area is 138 Å². The molecule has 0 aromatic heterocycles. The number of benzene rings is 2. The molecule has 0 atom stereocenters. The number of rotatable bonds is 9. The fourth-order valence-corrected chi connectivity index (χ4v) is 3.07. The monoisotopic (exact) mass is 314 g/mol. The number of hydrogen-bond donors (Lipinski definition) is 2. The molecule has 0 amide bonds. The average molecular weight is 314 g/mol. The fraction of sp³-hybridized carbons (Fsp3) is 0.450. The van der Waals surface area contributed by atoms with Gasteiger partial charge in [0.1, 0.15) is 11.3 Å². The van der Waals surface area contributed by atoms with E-state index in [9.17, 15) is 15.0 Å². The van der Waals surface area contributed by atoms with Gasteiger partial charge < -0.3 is 10.2 Å². The largest absolute Gasteiger partial charge is 0.507 e. The standard InChI is InChI=1S/C20H26O3/c1-2-3-4-5-6-7-8-12-16-14-15-11-9-10-13-17(15)18(19(16)21)20(22)23/h9-11,13-14,21H,2-8,12H2,1H3,(H,22,23). The number of aromatic hydroxyl groups is 1. The second-order valence-corrected chi connectivity index (χ2v) is 6.16. The molecule has 2 aromatic carbocycles. The highest BCUT2D eigenvalue weighted by molar-refractivity contribution is 6.06. The summed E-state index contributed by atoms with van der Waals surface area (Å²) >= 11 is 0. The van der Waals surface area contributed by atoms with Crippen molar-refractivity contribution in [2.75, 3.05) is 0 Å². The van der Waals surface area contributed by atoms with Gasteiger partial charge in [-0.25, -0.2) is 4.79 Å². The van der Waals surface area contributed by atoms with E-state index in [4.69, 9.17) is 0 Å². The van der Waals surface area contributed by atoms with E-state index in [2.05, 4.69) is 6.92 Å². The summed E-state index contributed by atoms with van der Waals surface area (Å²) in [4.78, 5) is 11.5. The lowest BCUT2D eigenvalue weighted by Crippen LogP contribution is -2.01. The Balaban J connectivity index is 2.06. The summed E-state index contributed by atoms with van der Waals surface area (Å²) in [6.07, 6.45) is 9.15. The first-order valence-electron chi connectivity index (χ1n) is 8.62. The first kappa shape index (κ1) is 17.3. The third kappa shape index (κ3) is 4.47. The van der Waals surface area contributed by atoms with Crippen LogP contribution in [0.3, 0.4) is 0 Å². The minimum Gasteiger partial charge on any atom is -0.507 e. The van der Waals surface area contributed by atoms with Crippen molar-refractivity contribution in [1.29, 1.82) is 0 Å². The van der Waals surface area contributed by atoms with Crippen LogP contribution in [0.5, 0.6) is 5.75 Å². The van der Waals surface area contributed by atoms with E-state index < -0.39 is 5.97 Å². The quantitative estimate of drug-likeness (QED) is 0.598. The Morgan fingerprint density at radius 3 is 2.35 bits per heavy atom. The molecule has 2 rings (SSSR count). The molecule has 0 heterocycles. The van der Waals surface area contributed by atoms with Crippen molar-refractivity contribution >= 4 is 16.7 Å². The molecule has 0 spiro atoms. The van der Waals surface area contributed by atoms with E-state index in [1.165, 1.54) is 32.1 Å². The van der Waals surface area contributed by atoms with Crippen molar-refractivity contribution in [3.05, 3.63) is 41.5 Å². The first-order chi connectivity index (χ1) is 11.1. The molecule has 3 heteroatoms. The van der Waals surface area contributed by atoms with Gasteiger partial charge in [-0.1, -0.05) is 69.7 Å². The van der Waals surface area contributed by atoms with Gasteiger partial charge >= 0.3 is 5.97 Å². The Kier molecular flexibility index (Phi) is 6.45. The molecule has 124 valence electrons. The highest BCUT2D eigenvalue weighted by Gasteiger charge is 2.17. The Bertz CT molecular complexity index is 661. The van der Waals surface area contributed by atoms with Crippen LogP contribution in [0.25, 0.3) is 10.8 Å². The van der Waals surface area contributed by atoms with Crippen molar-refractivity contribution in [3.63, 3.8) is 0 Å². The summed E-state index contributed by atoms with van der Waals surface area (Å²) in [5, 5.41) is 21.2. The zero-order valence-electron chi connectivity index (χ0n) is 13.8. The predicted molar refractivity (Wildman–Crippen MR) is 94.3 cm³/mol. The van der Waals surface area contributed by atoms with Crippen molar-refractivity contribution in [3.8, 4) is 5.75 Å². The lowest BCUT2D eigenvalue weighted by Gasteiger charge is -2.11. The molecule has 3 nitrogen and oxygen atoms in total. The van der Waals surface area contributed by atoms with Crippen LogP contribution in [-0.2, 0) is 6.42 Å². The van der Waals surface area contributed by atoms with Crippen molar-refractivity contribution in [2.45, 2.75) is 58.3 Å². The summed E-state index contributed by atoms with van der Waals surface area (Å²) in [6.45, 7) is 2.21. The number of hydrogen-bond acceptors (Lipinski definition) is 2. The third-order valence-electron chi connectivity index (χ3n) is 4.36. The molecule has 0 aliphatic carbocycles. The molecule has 0 aliphatic rings. The first-order valence-corrected chi connectivity index (χ1v) is 8.62. The Hall–Kier alpha value is -2.03. The molecule has 0 saturated carbocycles. The van der Waals surface area contributed by atoms with Crippen LogP contribution in [-0.4, -0.2) is 16.2 Å². The van der Waals surface area contributed by atoms with E-state index in [0.717, 1.165) is 30.2 Å². The number of aryl methyl sites for hydroxylation is 1. The van der Waals surface area contributed by atoms with E-state index >= 15 is 0 Å². The average Bonchev–Trinajstić information content (AvgIpc) is 2.54. The number of carboxylic acids is 1. The third-order valence-corrected chi connectivity index (χ3v) is 4.36. The van der Waals surface area contributed by atoms with Crippen LogP contribution in [0.4, 0.5) is 0 Å². The maximum Gasteiger partial charge on any atom is 0.340 e. The highest BCUT2D eigenvalue weighted by Crippen LogP contribution is 2.32. The van der Waals surface area contributed by atoms with E-state index in [1.54, 1.807) is 12.1 Å². The zero-order valence-corrected chi connectivity index (χ0v) is 13.8. The predicted octanol–water partition coefficient (Wildman–Crippen LogP) is 5.54. The van der Waals surface area contributed by atoms with Crippen LogP contribution in [0.2, 0.25) is 0 Å². The number of aromatic carboxylic acids is 1. The number of unbranched alkanes of at least 4 members (excludes halogenated alkanes) is 6. The van der Waals surface area contributed by atoms with Crippen LogP contribution < -0.4 is 0 Å². The molecule has 0 bridgehead atoms. The van der Waals surface area contributed by atoms with E-state index in [0.29, 0.717) is 5.39 Å². The van der Waals surface area contributed by atoms with Crippen LogP contribution in [0.1, 0.15) is 67.8 Å². The molecule has 2 aromatic rings. The molecule has 0 radical (unpaired) electrons. The number of fused-ring (bicyclic) bond motifs is 1. The second kappa shape index (κ2) is 8.56.